The van der Waals surface area contributed by atoms with Crippen molar-refractivity contribution in [2.45, 2.75) is 18.9 Å². The molecule has 10 heteroatoms. The summed E-state index contributed by atoms with van der Waals surface area (Å²) in [6, 6.07) is 3.89. The van der Waals surface area contributed by atoms with Crippen LogP contribution in [0.15, 0.2) is 30.7 Å². The van der Waals surface area contributed by atoms with Crippen molar-refractivity contribution in [3.8, 4) is 34.0 Å². The van der Waals surface area contributed by atoms with Crippen LogP contribution in [0.4, 0.5) is 5.95 Å². The lowest BCUT2D eigenvalue weighted by Gasteiger charge is -2.15. The van der Waals surface area contributed by atoms with E-state index in [1.54, 1.807) is 18.5 Å². The van der Waals surface area contributed by atoms with Gasteiger partial charge in [-0.2, -0.15) is 5.10 Å². The highest BCUT2D eigenvalue weighted by atomic mass is 35.5. The first-order valence-corrected chi connectivity index (χ1v) is 10.3. The van der Waals surface area contributed by atoms with Gasteiger partial charge in [0, 0.05) is 35.0 Å². The van der Waals surface area contributed by atoms with E-state index in [1.807, 2.05) is 16.9 Å². The monoisotopic (exact) mass is 456 g/mol. The molecule has 5 rings (SSSR count). The largest absolute Gasteiger partial charge is 0.495 e. The third kappa shape index (κ3) is 3.41. The first-order valence-electron chi connectivity index (χ1n) is 9.58. The molecule has 1 fully saturated rings. The maximum atomic E-state index is 6.63. The summed E-state index contributed by atoms with van der Waals surface area (Å²) in [6.45, 7) is 0. The van der Waals surface area contributed by atoms with Gasteiger partial charge in [0.1, 0.15) is 22.7 Å². The number of pyridine rings is 1. The average Bonchev–Trinajstić information content (AvgIpc) is 3.50. The molecule has 3 heterocycles. The molecule has 1 saturated carbocycles. The SMILES string of the molecule is COc1cc(OC)c(Cl)c(-c2cc3cnc(N)nc3c(-c3cnn(C4CC4)c3)n2)c1Cl. The maximum absolute atomic E-state index is 6.63. The lowest BCUT2D eigenvalue weighted by molar-refractivity contribution is 0.395. The molecule has 158 valence electrons. The number of aromatic nitrogens is 5. The van der Waals surface area contributed by atoms with E-state index in [2.05, 4.69) is 15.1 Å². The first kappa shape index (κ1) is 19.8. The van der Waals surface area contributed by atoms with Crippen LogP contribution in [-0.4, -0.2) is 39.0 Å². The van der Waals surface area contributed by atoms with E-state index in [-0.39, 0.29) is 5.95 Å². The zero-order valence-corrected chi connectivity index (χ0v) is 18.3. The number of anilines is 1. The van der Waals surface area contributed by atoms with Crippen LogP contribution in [-0.2, 0) is 0 Å². The quantitative estimate of drug-likeness (QED) is 0.460. The molecule has 1 aliphatic carbocycles. The zero-order chi connectivity index (χ0) is 21.7. The number of nitrogen functional groups attached to an aromatic ring is 1. The topological polar surface area (TPSA) is 101 Å². The van der Waals surface area contributed by atoms with E-state index in [9.17, 15) is 0 Å². The molecule has 31 heavy (non-hydrogen) atoms. The van der Waals surface area contributed by atoms with E-state index in [1.165, 1.54) is 14.2 Å². The fourth-order valence-corrected chi connectivity index (χ4v) is 4.19. The minimum absolute atomic E-state index is 0.164. The van der Waals surface area contributed by atoms with Gasteiger partial charge in [0.15, 0.2) is 0 Å². The normalized spacial score (nSPS) is 13.5. The molecule has 0 amide bonds. The molecule has 0 spiro atoms. The van der Waals surface area contributed by atoms with Crippen LogP contribution in [0, 0.1) is 0 Å². The molecule has 3 aromatic heterocycles. The Kier molecular flexibility index (Phi) is 4.83. The molecule has 0 aliphatic heterocycles. The highest BCUT2D eigenvalue weighted by Gasteiger charge is 2.26. The van der Waals surface area contributed by atoms with Crippen molar-refractivity contribution in [1.29, 1.82) is 0 Å². The van der Waals surface area contributed by atoms with Crippen molar-refractivity contribution >= 4 is 40.1 Å². The number of benzene rings is 1. The second-order valence-corrected chi connectivity index (χ2v) is 8.00. The number of ether oxygens (including phenoxy) is 2. The molecule has 0 unspecified atom stereocenters. The molecule has 0 radical (unpaired) electrons. The highest BCUT2D eigenvalue weighted by molar-refractivity contribution is 6.41. The number of methoxy groups -OCH3 is 2. The van der Waals surface area contributed by atoms with Gasteiger partial charge < -0.3 is 15.2 Å². The van der Waals surface area contributed by atoms with Gasteiger partial charge in [0.25, 0.3) is 0 Å². The van der Waals surface area contributed by atoms with Crippen molar-refractivity contribution < 1.29 is 9.47 Å². The summed E-state index contributed by atoms with van der Waals surface area (Å²) in [4.78, 5) is 13.4. The van der Waals surface area contributed by atoms with Crippen LogP contribution in [0.25, 0.3) is 33.4 Å². The molecule has 8 nitrogen and oxygen atoms in total. The van der Waals surface area contributed by atoms with Crippen molar-refractivity contribution in [2.24, 2.45) is 0 Å². The third-order valence-corrected chi connectivity index (χ3v) is 5.96. The lowest BCUT2D eigenvalue weighted by Crippen LogP contribution is -2.00. The van der Waals surface area contributed by atoms with Crippen molar-refractivity contribution in [3.63, 3.8) is 0 Å². The number of nitrogens with zero attached hydrogens (tertiary/aromatic N) is 5. The van der Waals surface area contributed by atoms with E-state index in [0.29, 0.717) is 50.1 Å². The van der Waals surface area contributed by atoms with Gasteiger partial charge in [-0.25, -0.2) is 15.0 Å². The van der Waals surface area contributed by atoms with Gasteiger partial charge in [-0.05, 0) is 18.9 Å². The van der Waals surface area contributed by atoms with Crippen LogP contribution in [0.2, 0.25) is 10.0 Å². The first-order chi connectivity index (χ1) is 15.0. The lowest BCUT2D eigenvalue weighted by atomic mass is 10.1. The summed E-state index contributed by atoms with van der Waals surface area (Å²) >= 11 is 13.3. The maximum Gasteiger partial charge on any atom is 0.220 e. The van der Waals surface area contributed by atoms with Crippen LogP contribution >= 0.6 is 23.2 Å². The Morgan fingerprint density at radius 3 is 2.39 bits per heavy atom. The fourth-order valence-electron chi connectivity index (χ4n) is 3.49. The number of halogens is 2. The molecule has 1 aromatic carbocycles. The molecule has 0 bridgehead atoms. The number of fused-ring (bicyclic) bond motifs is 1. The van der Waals surface area contributed by atoms with Crippen LogP contribution in [0.1, 0.15) is 18.9 Å². The Balaban J connectivity index is 1.79. The van der Waals surface area contributed by atoms with E-state index >= 15 is 0 Å². The predicted octanol–water partition coefficient (Wildman–Crippen LogP) is 4.80. The molecular weight excluding hydrogens is 439 g/mol. The Morgan fingerprint density at radius 2 is 1.74 bits per heavy atom. The second kappa shape index (κ2) is 7.55. The van der Waals surface area contributed by atoms with Crippen molar-refractivity contribution in [3.05, 3.63) is 40.8 Å². The van der Waals surface area contributed by atoms with Gasteiger partial charge in [0.05, 0.1) is 42.2 Å². The van der Waals surface area contributed by atoms with Gasteiger partial charge in [-0.15, -0.1) is 0 Å². The summed E-state index contributed by atoms with van der Waals surface area (Å²) < 4.78 is 12.8. The van der Waals surface area contributed by atoms with E-state index in [0.717, 1.165) is 23.8 Å². The summed E-state index contributed by atoms with van der Waals surface area (Å²) in [7, 11) is 3.06. The van der Waals surface area contributed by atoms with Crippen LogP contribution < -0.4 is 15.2 Å². The van der Waals surface area contributed by atoms with Crippen LogP contribution in [0.3, 0.4) is 0 Å². The number of nitrogens with two attached hydrogens (primary N) is 1. The second-order valence-electron chi connectivity index (χ2n) is 7.25. The molecule has 0 saturated heterocycles. The minimum atomic E-state index is 0.164. The summed E-state index contributed by atoms with van der Waals surface area (Å²) in [5.41, 5.74) is 8.94. The van der Waals surface area contributed by atoms with E-state index in [4.69, 9.17) is 43.4 Å². The molecule has 0 atom stereocenters. The summed E-state index contributed by atoms with van der Waals surface area (Å²) in [6.07, 6.45) is 7.64. The molecule has 1 aliphatic rings. The van der Waals surface area contributed by atoms with Gasteiger partial charge >= 0.3 is 0 Å². The van der Waals surface area contributed by atoms with Crippen molar-refractivity contribution in [1.82, 2.24) is 24.7 Å². The summed E-state index contributed by atoms with van der Waals surface area (Å²) in [5.74, 6) is 1.02. The Bertz CT molecular complexity index is 1290. The Morgan fingerprint density at radius 1 is 1.03 bits per heavy atom. The predicted molar refractivity (Wildman–Crippen MR) is 120 cm³/mol. The number of hydrogen-bond acceptors (Lipinski definition) is 7. The van der Waals surface area contributed by atoms with E-state index < -0.39 is 0 Å². The highest BCUT2D eigenvalue weighted by Crippen LogP contribution is 2.46. The Labute approximate surface area is 187 Å². The fraction of sp³-hybridized carbons (Fsp3) is 0.238. The number of hydrogen-bond donors (Lipinski definition) is 1. The standard InChI is InChI=1S/C21H18Cl2N6O2/c1-30-14-6-15(31-2)18(23)16(17(14)22)13-5-10-7-25-21(24)28-19(10)20(27-13)11-8-26-29(9-11)12-3-4-12/h5-9,12H,3-4H2,1-2H3,(H2,24,25,28). The van der Waals surface area contributed by atoms with Gasteiger partial charge in [0.2, 0.25) is 5.95 Å². The van der Waals surface area contributed by atoms with Crippen LogP contribution in [0.5, 0.6) is 11.5 Å². The average molecular weight is 457 g/mol. The number of rotatable bonds is 5. The summed E-state index contributed by atoms with van der Waals surface area (Å²) in [5, 5.41) is 5.88. The molecule has 2 N–H and O–H groups in total. The third-order valence-electron chi connectivity index (χ3n) is 5.21. The molecular formula is C21H18Cl2N6O2. The minimum Gasteiger partial charge on any atom is -0.495 e. The van der Waals surface area contributed by atoms with Gasteiger partial charge in [-0.1, -0.05) is 23.2 Å². The van der Waals surface area contributed by atoms with Gasteiger partial charge in [-0.3, -0.25) is 4.68 Å². The zero-order valence-electron chi connectivity index (χ0n) is 16.8. The smallest absolute Gasteiger partial charge is 0.220 e. The Hall–Kier alpha value is -3.10. The van der Waals surface area contributed by atoms with Crippen molar-refractivity contribution in [2.75, 3.05) is 20.0 Å². The molecule has 4 aromatic rings.